The average molecular weight is 271 g/mol. The van der Waals surface area contributed by atoms with Gasteiger partial charge in [-0.15, -0.1) is 0 Å². The van der Waals surface area contributed by atoms with E-state index < -0.39 is 0 Å². The van der Waals surface area contributed by atoms with Gasteiger partial charge < -0.3 is 15.4 Å². The fraction of sp³-hybridized carbons (Fsp3) is 0.929. The molecule has 0 atom stereocenters. The fourth-order valence-electron chi connectivity index (χ4n) is 2.45. The third-order valence-corrected chi connectivity index (χ3v) is 3.65. The number of hydrogen-bond donors (Lipinski definition) is 2. The van der Waals surface area contributed by atoms with Gasteiger partial charge in [0.1, 0.15) is 0 Å². The quantitative estimate of drug-likeness (QED) is 0.598. The maximum atomic E-state index is 11.7. The molecule has 1 saturated heterocycles. The Kier molecular flexibility index (Phi) is 8.79. The van der Waals surface area contributed by atoms with E-state index in [-0.39, 0.29) is 5.91 Å². The summed E-state index contributed by atoms with van der Waals surface area (Å²) in [6.45, 7) is 7.61. The average Bonchev–Trinajstić information content (AvgIpc) is 2.43. The zero-order valence-electron chi connectivity index (χ0n) is 12.4. The summed E-state index contributed by atoms with van der Waals surface area (Å²) in [4.78, 5) is 14.0. The molecule has 0 unspecified atom stereocenters. The van der Waals surface area contributed by atoms with Gasteiger partial charge in [-0.2, -0.15) is 0 Å². The maximum Gasteiger partial charge on any atom is 0.234 e. The second kappa shape index (κ2) is 10.2. The number of ether oxygens (including phenoxy) is 1. The lowest BCUT2D eigenvalue weighted by Gasteiger charge is -2.31. The molecule has 5 nitrogen and oxygen atoms in total. The van der Waals surface area contributed by atoms with Crippen LogP contribution in [0.15, 0.2) is 0 Å². The molecular formula is C14H29N3O2. The van der Waals surface area contributed by atoms with Crippen LogP contribution in [-0.2, 0) is 9.53 Å². The highest BCUT2D eigenvalue weighted by Gasteiger charge is 2.20. The van der Waals surface area contributed by atoms with Gasteiger partial charge in [-0.1, -0.05) is 0 Å². The Morgan fingerprint density at radius 1 is 1.32 bits per heavy atom. The monoisotopic (exact) mass is 271 g/mol. The molecule has 0 saturated carbocycles. The van der Waals surface area contributed by atoms with Crippen LogP contribution in [0.25, 0.3) is 0 Å². The van der Waals surface area contributed by atoms with Gasteiger partial charge in [0.05, 0.1) is 13.2 Å². The predicted molar refractivity (Wildman–Crippen MR) is 77.2 cm³/mol. The lowest BCUT2D eigenvalue weighted by molar-refractivity contribution is -0.122. The zero-order valence-corrected chi connectivity index (χ0v) is 12.4. The Balaban J connectivity index is 2.06. The second-order valence-electron chi connectivity index (χ2n) is 5.16. The van der Waals surface area contributed by atoms with Crippen molar-refractivity contribution < 1.29 is 9.53 Å². The molecule has 0 radical (unpaired) electrons. The van der Waals surface area contributed by atoms with Crippen molar-refractivity contribution in [1.29, 1.82) is 0 Å². The van der Waals surface area contributed by atoms with E-state index in [1.165, 1.54) is 19.3 Å². The first-order chi connectivity index (χ1) is 9.26. The summed E-state index contributed by atoms with van der Waals surface area (Å²) >= 11 is 0. The molecule has 112 valence electrons. The van der Waals surface area contributed by atoms with Gasteiger partial charge in [-0.25, -0.2) is 0 Å². The SMILES string of the molecule is CCOCCNC(=O)CN1CCC(CCNC)CC1. The first kappa shape index (κ1) is 16.4. The minimum atomic E-state index is 0.119. The summed E-state index contributed by atoms with van der Waals surface area (Å²) < 4.78 is 5.19. The molecular weight excluding hydrogens is 242 g/mol. The van der Waals surface area contributed by atoms with E-state index >= 15 is 0 Å². The maximum absolute atomic E-state index is 11.7. The number of nitrogens with one attached hydrogen (secondary N) is 2. The van der Waals surface area contributed by atoms with E-state index in [2.05, 4.69) is 15.5 Å². The van der Waals surface area contributed by atoms with E-state index in [0.717, 1.165) is 25.6 Å². The van der Waals surface area contributed by atoms with Crippen molar-refractivity contribution in [2.24, 2.45) is 5.92 Å². The Morgan fingerprint density at radius 2 is 2.05 bits per heavy atom. The van der Waals surface area contributed by atoms with E-state index in [9.17, 15) is 4.79 Å². The van der Waals surface area contributed by atoms with Crippen LogP contribution in [0.5, 0.6) is 0 Å². The van der Waals surface area contributed by atoms with Crippen molar-refractivity contribution in [1.82, 2.24) is 15.5 Å². The van der Waals surface area contributed by atoms with Crippen LogP contribution in [-0.4, -0.2) is 63.8 Å². The van der Waals surface area contributed by atoms with Gasteiger partial charge in [-0.05, 0) is 58.8 Å². The summed E-state index contributed by atoms with van der Waals surface area (Å²) in [5.74, 6) is 0.943. The van der Waals surface area contributed by atoms with Gasteiger partial charge in [0.25, 0.3) is 0 Å². The lowest BCUT2D eigenvalue weighted by Crippen LogP contribution is -2.42. The third-order valence-electron chi connectivity index (χ3n) is 3.65. The minimum Gasteiger partial charge on any atom is -0.380 e. The van der Waals surface area contributed by atoms with Crippen molar-refractivity contribution in [3.8, 4) is 0 Å². The molecule has 1 heterocycles. The molecule has 19 heavy (non-hydrogen) atoms. The smallest absolute Gasteiger partial charge is 0.234 e. The topological polar surface area (TPSA) is 53.6 Å². The van der Waals surface area contributed by atoms with E-state index in [1.807, 2.05) is 14.0 Å². The van der Waals surface area contributed by atoms with Crippen LogP contribution in [0.1, 0.15) is 26.2 Å². The number of carbonyl (C=O) groups excluding carboxylic acids is 1. The Hall–Kier alpha value is -0.650. The standard InChI is InChI=1S/C14H29N3O2/c1-3-19-11-8-16-14(18)12-17-9-5-13(6-10-17)4-7-15-2/h13,15H,3-12H2,1-2H3,(H,16,18). The van der Waals surface area contributed by atoms with Crippen LogP contribution in [0.3, 0.4) is 0 Å². The van der Waals surface area contributed by atoms with Gasteiger partial charge in [0.15, 0.2) is 0 Å². The molecule has 5 heteroatoms. The molecule has 2 N–H and O–H groups in total. The molecule has 1 aliphatic heterocycles. The van der Waals surface area contributed by atoms with Crippen LogP contribution >= 0.6 is 0 Å². The van der Waals surface area contributed by atoms with Crippen molar-refractivity contribution >= 4 is 5.91 Å². The summed E-state index contributed by atoms with van der Waals surface area (Å²) in [6.07, 6.45) is 3.69. The van der Waals surface area contributed by atoms with Crippen LogP contribution in [0, 0.1) is 5.92 Å². The molecule has 1 fully saturated rings. The molecule has 0 aromatic heterocycles. The number of hydrogen-bond acceptors (Lipinski definition) is 4. The van der Waals surface area contributed by atoms with Crippen LogP contribution in [0.2, 0.25) is 0 Å². The van der Waals surface area contributed by atoms with Crippen molar-refractivity contribution in [2.45, 2.75) is 26.2 Å². The molecule has 0 aromatic rings. The van der Waals surface area contributed by atoms with Crippen molar-refractivity contribution in [3.05, 3.63) is 0 Å². The third kappa shape index (κ3) is 7.50. The lowest BCUT2D eigenvalue weighted by atomic mass is 9.93. The minimum absolute atomic E-state index is 0.119. The number of carbonyl (C=O) groups is 1. The molecule has 0 bridgehead atoms. The van der Waals surface area contributed by atoms with Gasteiger partial charge in [0, 0.05) is 13.2 Å². The number of likely N-dealkylation sites (tertiary alicyclic amines) is 1. The molecule has 0 aromatic carbocycles. The molecule has 1 rings (SSSR count). The number of nitrogens with zero attached hydrogens (tertiary/aromatic N) is 1. The summed E-state index contributed by atoms with van der Waals surface area (Å²) in [5.41, 5.74) is 0. The first-order valence-corrected chi connectivity index (χ1v) is 7.47. The van der Waals surface area contributed by atoms with Gasteiger partial charge in [-0.3, -0.25) is 9.69 Å². The van der Waals surface area contributed by atoms with E-state index in [0.29, 0.717) is 26.3 Å². The van der Waals surface area contributed by atoms with Crippen LogP contribution < -0.4 is 10.6 Å². The first-order valence-electron chi connectivity index (χ1n) is 7.47. The second-order valence-corrected chi connectivity index (χ2v) is 5.16. The van der Waals surface area contributed by atoms with Crippen LogP contribution in [0.4, 0.5) is 0 Å². The summed E-state index contributed by atoms with van der Waals surface area (Å²) in [6, 6.07) is 0. The number of amides is 1. The number of rotatable bonds is 9. The number of piperidine rings is 1. The molecule has 1 aliphatic rings. The highest BCUT2D eigenvalue weighted by molar-refractivity contribution is 5.77. The zero-order chi connectivity index (χ0) is 13.9. The van der Waals surface area contributed by atoms with Crippen molar-refractivity contribution in [2.75, 3.05) is 53.0 Å². The Morgan fingerprint density at radius 3 is 2.68 bits per heavy atom. The predicted octanol–water partition coefficient (Wildman–Crippen LogP) is 0.461. The Labute approximate surface area is 117 Å². The van der Waals surface area contributed by atoms with Crippen molar-refractivity contribution in [3.63, 3.8) is 0 Å². The Bertz CT molecular complexity index is 241. The highest BCUT2D eigenvalue weighted by atomic mass is 16.5. The highest BCUT2D eigenvalue weighted by Crippen LogP contribution is 2.19. The van der Waals surface area contributed by atoms with E-state index in [1.54, 1.807) is 0 Å². The van der Waals surface area contributed by atoms with Gasteiger partial charge in [0.2, 0.25) is 5.91 Å². The normalized spacial score (nSPS) is 17.6. The summed E-state index contributed by atoms with van der Waals surface area (Å²) in [7, 11) is 2.00. The fourth-order valence-corrected chi connectivity index (χ4v) is 2.45. The summed E-state index contributed by atoms with van der Waals surface area (Å²) in [5, 5.41) is 6.10. The molecule has 0 spiro atoms. The molecule has 0 aliphatic carbocycles. The molecule has 1 amide bonds. The van der Waals surface area contributed by atoms with Gasteiger partial charge >= 0.3 is 0 Å². The largest absolute Gasteiger partial charge is 0.380 e. The van der Waals surface area contributed by atoms with E-state index in [4.69, 9.17) is 4.74 Å².